The van der Waals surface area contributed by atoms with Crippen LogP contribution in [0.3, 0.4) is 0 Å². The first-order valence-corrected chi connectivity index (χ1v) is 31.8. The summed E-state index contributed by atoms with van der Waals surface area (Å²) >= 11 is 3.71. The summed E-state index contributed by atoms with van der Waals surface area (Å²) < 4.78 is 17.4. The summed E-state index contributed by atoms with van der Waals surface area (Å²) in [6.45, 7) is 8.23. The van der Waals surface area contributed by atoms with Crippen LogP contribution in [-0.2, 0) is 51.3 Å². The number of carbonyl (C=O) groups excluding carboxylic acids is 10. The number of likely N-dealkylation sites (N-methyl/N-ethyl adjacent to an activating group) is 1. The summed E-state index contributed by atoms with van der Waals surface area (Å²) in [4.78, 5) is 141. The van der Waals surface area contributed by atoms with Gasteiger partial charge in [0.2, 0.25) is 11.8 Å². The normalized spacial score (nSPS) is 16.2. The fraction of sp³-hybridized carbons (Fsp3) is 0.446. The van der Waals surface area contributed by atoms with Crippen molar-refractivity contribution in [1.29, 1.82) is 0 Å². The van der Waals surface area contributed by atoms with Gasteiger partial charge in [-0.3, -0.25) is 43.4 Å². The third-order valence-electron chi connectivity index (χ3n) is 16.7. The van der Waals surface area contributed by atoms with Crippen LogP contribution in [0.15, 0.2) is 84.9 Å². The highest BCUT2D eigenvalue weighted by Crippen LogP contribution is 2.47. The lowest BCUT2D eigenvalue weighted by Gasteiger charge is -2.31. The molecule has 4 aliphatic rings. The lowest BCUT2D eigenvalue weighted by molar-refractivity contribution is -0.137. The van der Waals surface area contributed by atoms with E-state index in [4.69, 9.17) is 19.9 Å². The molecular formula is C65H78BrN11O13. The second kappa shape index (κ2) is 30.8. The molecule has 3 atom stereocenters. The molecule has 478 valence electrons. The van der Waals surface area contributed by atoms with E-state index in [2.05, 4.69) is 47.1 Å². The van der Waals surface area contributed by atoms with Crippen molar-refractivity contribution < 1.29 is 62.2 Å². The number of nitrogens with one attached hydrogen (secondary N) is 5. The summed E-state index contributed by atoms with van der Waals surface area (Å²) in [6, 6.07) is 20.7. The zero-order valence-corrected chi connectivity index (χ0v) is 52.5. The third-order valence-corrected chi connectivity index (χ3v) is 17.5. The van der Waals surface area contributed by atoms with E-state index >= 15 is 0 Å². The van der Waals surface area contributed by atoms with Crippen LogP contribution in [0.4, 0.5) is 31.4 Å². The number of halogens is 1. The van der Waals surface area contributed by atoms with Crippen LogP contribution in [0.1, 0.15) is 91.9 Å². The van der Waals surface area contributed by atoms with Gasteiger partial charge in [0.25, 0.3) is 17.7 Å². The van der Waals surface area contributed by atoms with Crippen molar-refractivity contribution in [2.45, 2.75) is 83.8 Å². The molecule has 0 radical (unpaired) electrons. The topological polar surface area (TPSA) is 305 Å². The number of anilines is 3. The molecule has 5 aromatic rings. The fourth-order valence-corrected chi connectivity index (χ4v) is 12.4. The minimum absolute atomic E-state index is 0.0163. The number of Topliss-reactive ketones (excluding diaryl/α,β-unsaturated/α-hetero) is 2. The Morgan fingerprint density at radius 2 is 1.51 bits per heavy atom. The van der Waals surface area contributed by atoms with Gasteiger partial charge < -0.3 is 60.9 Å². The maximum Gasteiger partial charge on any atom is 0.415 e. The Morgan fingerprint density at radius 3 is 2.23 bits per heavy atom. The van der Waals surface area contributed by atoms with Gasteiger partial charge in [0, 0.05) is 142 Å². The Labute approximate surface area is 530 Å². The molecule has 1 aromatic heterocycles. The lowest BCUT2D eigenvalue weighted by Crippen LogP contribution is -2.48. The number of hydrogen-bond acceptors (Lipinski definition) is 15. The average molecular weight is 1300 g/mol. The van der Waals surface area contributed by atoms with Gasteiger partial charge in [-0.2, -0.15) is 0 Å². The number of primary amides is 1. The zero-order chi connectivity index (χ0) is 64.0. The van der Waals surface area contributed by atoms with Crippen molar-refractivity contribution in [3.8, 4) is 5.75 Å². The predicted molar refractivity (Wildman–Crippen MR) is 342 cm³/mol. The maximum absolute atomic E-state index is 14.7. The Morgan fingerprint density at radius 1 is 0.767 bits per heavy atom. The van der Waals surface area contributed by atoms with E-state index in [-0.39, 0.29) is 113 Å². The van der Waals surface area contributed by atoms with Crippen LogP contribution < -0.4 is 41.5 Å². The number of ether oxygens (including phenoxy) is 3. The Kier molecular flexibility index (Phi) is 22.6. The Bertz CT molecular complexity index is 3530. The van der Waals surface area contributed by atoms with Gasteiger partial charge in [-0.05, 0) is 97.6 Å². The minimum atomic E-state index is -0.756. The van der Waals surface area contributed by atoms with Crippen molar-refractivity contribution >= 4 is 114 Å². The first-order valence-electron chi connectivity index (χ1n) is 30.6. The molecule has 7 N–H and O–H groups in total. The molecular weight excluding hydrogens is 1220 g/mol. The zero-order valence-electron chi connectivity index (χ0n) is 50.9. The second-order valence-corrected chi connectivity index (χ2v) is 24.0. The lowest BCUT2D eigenvalue weighted by atomic mass is 9.89. The first-order chi connectivity index (χ1) is 43.4. The van der Waals surface area contributed by atoms with E-state index < -0.39 is 42.0 Å². The highest BCUT2D eigenvalue weighted by atomic mass is 79.9. The van der Waals surface area contributed by atoms with Crippen LogP contribution >= 0.6 is 15.9 Å². The SMILES string of the molecule is CC(C)[C@H](NCCCC(=O)CCOCCNC(=O)CCN1C(=O)C=CC1=O)C(=O)CC(CCCNC(N)=O)C(=O)Nc1ccc(COC(=O)N2CCc3c2ccc2[nH]c(C(=O)N4C[C@@H](CBr)c5c4cc(OC(=O)N4CCN(C)CC4)c4ccccc54)cc32)cc1. The van der Waals surface area contributed by atoms with Crippen molar-refractivity contribution in [3.05, 3.63) is 107 Å². The molecule has 4 aromatic carbocycles. The van der Waals surface area contributed by atoms with Crippen molar-refractivity contribution in [1.82, 2.24) is 35.6 Å². The van der Waals surface area contributed by atoms with E-state index in [1.165, 1.54) is 0 Å². The minimum Gasteiger partial charge on any atom is -0.444 e. The van der Waals surface area contributed by atoms with Crippen LogP contribution in [0.5, 0.6) is 5.75 Å². The number of fused-ring (bicyclic) bond motifs is 6. The van der Waals surface area contributed by atoms with Gasteiger partial charge in [-0.15, -0.1) is 0 Å². The highest BCUT2D eigenvalue weighted by molar-refractivity contribution is 9.09. The number of piperazine rings is 1. The number of ketones is 2. The van der Waals surface area contributed by atoms with Crippen molar-refractivity contribution in [2.75, 3.05) is 106 Å². The molecule has 90 heavy (non-hydrogen) atoms. The molecule has 5 heterocycles. The Balaban J connectivity index is 0.744. The number of hydrogen-bond donors (Lipinski definition) is 6. The molecule has 9 rings (SSSR count). The number of aromatic nitrogens is 1. The van der Waals surface area contributed by atoms with Gasteiger partial charge in [0.15, 0.2) is 5.78 Å². The van der Waals surface area contributed by atoms with Crippen molar-refractivity contribution in [3.63, 3.8) is 0 Å². The quantitative estimate of drug-likeness (QED) is 0.0166. The molecule has 0 bridgehead atoms. The van der Waals surface area contributed by atoms with Crippen molar-refractivity contribution in [2.24, 2.45) is 17.6 Å². The first kappa shape index (κ1) is 65.9. The molecule has 1 saturated heterocycles. The molecule has 24 nitrogen and oxygen atoms in total. The molecule has 0 aliphatic carbocycles. The van der Waals surface area contributed by atoms with Gasteiger partial charge in [-0.1, -0.05) is 66.2 Å². The van der Waals surface area contributed by atoms with E-state index in [1.807, 2.05) is 69.4 Å². The highest BCUT2D eigenvalue weighted by Gasteiger charge is 2.37. The van der Waals surface area contributed by atoms with Gasteiger partial charge >= 0.3 is 18.2 Å². The summed E-state index contributed by atoms with van der Waals surface area (Å²) in [7, 11) is 2.02. The Hall–Kier alpha value is -8.52. The molecule has 1 fully saturated rings. The number of H-pyrrole nitrogens is 1. The number of imide groups is 1. The molecule has 4 aliphatic heterocycles. The number of nitrogens with two attached hydrogens (primary N) is 1. The number of aromatic amines is 1. The van der Waals surface area contributed by atoms with E-state index in [1.54, 1.807) is 39.0 Å². The van der Waals surface area contributed by atoms with Crippen LogP contribution in [0, 0.1) is 11.8 Å². The third kappa shape index (κ3) is 16.5. The van der Waals surface area contributed by atoms with Crippen LogP contribution in [-0.4, -0.2) is 176 Å². The van der Waals surface area contributed by atoms with Gasteiger partial charge in [0.1, 0.15) is 23.8 Å². The predicted octanol–water partition coefficient (Wildman–Crippen LogP) is 6.67. The second-order valence-electron chi connectivity index (χ2n) is 23.4. The largest absolute Gasteiger partial charge is 0.444 e. The van der Waals surface area contributed by atoms with E-state index in [9.17, 15) is 47.9 Å². The number of urea groups is 1. The average Bonchev–Trinajstić information content (AvgIpc) is 1.56. The summed E-state index contributed by atoms with van der Waals surface area (Å²) in [5.41, 5.74) is 10.8. The standard InChI is InChI=1S/C65H78BrN11O13/c1-40(2)60(69-23-7-9-45(78)22-32-88-33-25-68-56(80)21-27-76-57(81)18-19-58(76)82)54(79)34-42(8-6-24-70-63(67)85)61(83)71-44-14-12-41(13-15-44)39-89-65(87)75-26-20-46-49-35-51(72-50(49)16-17-52(46)75)62(84)77-38-43(37-66)59-48-11-5-4-10-47(48)55(36-53(59)77)90-64(86)74-30-28-73(3)29-31-74/h4-5,10-19,35-36,40,42-43,60,69,72H,6-9,20-34,37-39H2,1-3H3,(H,68,80)(H,71,83)(H3,67,70,85)/t42?,43-,60+/m1/s1. The van der Waals surface area contributed by atoms with Crippen LogP contribution in [0.25, 0.3) is 21.7 Å². The number of rotatable bonds is 29. The van der Waals surface area contributed by atoms with Gasteiger partial charge in [-0.25, -0.2) is 14.4 Å². The molecule has 0 saturated carbocycles. The van der Waals surface area contributed by atoms with Crippen LogP contribution in [0.2, 0.25) is 0 Å². The summed E-state index contributed by atoms with van der Waals surface area (Å²) in [5, 5.41) is 14.5. The summed E-state index contributed by atoms with van der Waals surface area (Å²) in [5.74, 6) is -2.59. The number of benzene rings is 4. The molecule has 0 spiro atoms. The number of amides is 9. The molecule has 1 unspecified atom stereocenters. The van der Waals surface area contributed by atoms with E-state index in [0.29, 0.717) is 91.4 Å². The smallest absolute Gasteiger partial charge is 0.415 e. The molecule has 9 amide bonds. The number of carbonyl (C=O) groups is 10. The molecule has 25 heteroatoms. The monoisotopic (exact) mass is 1300 g/mol. The number of alkyl halides is 1. The fourth-order valence-electron chi connectivity index (χ4n) is 11.8. The number of nitrogens with zero attached hydrogens (tertiary/aromatic N) is 5. The van der Waals surface area contributed by atoms with Gasteiger partial charge in [0.05, 0.1) is 30.6 Å². The maximum atomic E-state index is 14.7. The van der Waals surface area contributed by atoms with E-state index in [0.717, 1.165) is 62.9 Å². The summed E-state index contributed by atoms with van der Waals surface area (Å²) in [6.07, 6.45) is 3.30.